The van der Waals surface area contributed by atoms with Crippen LogP contribution in [0, 0.1) is 11.7 Å². The third kappa shape index (κ3) is 3.81. The SMILES string of the molecule is CCOC(=O)C1CCCN(S(=O)(=O)c2cc(F)ccc2OC)C1. The highest BCUT2D eigenvalue weighted by Crippen LogP contribution is 2.30. The van der Waals surface area contributed by atoms with Crippen molar-refractivity contribution in [3.8, 4) is 5.75 Å². The van der Waals surface area contributed by atoms with Crippen LogP contribution in [-0.4, -0.2) is 45.5 Å². The topological polar surface area (TPSA) is 72.9 Å². The Morgan fingerprint density at radius 3 is 2.83 bits per heavy atom. The van der Waals surface area contributed by atoms with Crippen LogP contribution in [0.15, 0.2) is 23.1 Å². The first-order valence-electron chi connectivity index (χ1n) is 7.40. The molecule has 0 radical (unpaired) electrons. The Bertz CT molecular complexity index is 676. The lowest BCUT2D eigenvalue weighted by Crippen LogP contribution is -2.42. The summed E-state index contributed by atoms with van der Waals surface area (Å²) in [5.74, 6) is -1.50. The third-order valence-corrected chi connectivity index (χ3v) is 5.63. The molecule has 0 aliphatic carbocycles. The zero-order valence-electron chi connectivity index (χ0n) is 13.1. The largest absolute Gasteiger partial charge is 0.495 e. The smallest absolute Gasteiger partial charge is 0.310 e. The molecular formula is C15H20FNO5S. The average Bonchev–Trinajstić information content (AvgIpc) is 2.55. The highest BCUT2D eigenvalue weighted by molar-refractivity contribution is 7.89. The molecule has 23 heavy (non-hydrogen) atoms. The number of ether oxygens (including phenoxy) is 2. The molecule has 0 saturated carbocycles. The van der Waals surface area contributed by atoms with Gasteiger partial charge in [0, 0.05) is 13.1 Å². The van der Waals surface area contributed by atoms with Crippen LogP contribution in [0.4, 0.5) is 4.39 Å². The van der Waals surface area contributed by atoms with Gasteiger partial charge in [0.2, 0.25) is 10.0 Å². The number of rotatable bonds is 5. The fraction of sp³-hybridized carbons (Fsp3) is 0.533. The van der Waals surface area contributed by atoms with E-state index in [0.29, 0.717) is 12.8 Å². The van der Waals surface area contributed by atoms with Gasteiger partial charge in [-0.25, -0.2) is 12.8 Å². The normalized spacial score (nSPS) is 19.3. The minimum atomic E-state index is -3.95. The molecule has 128 valence electrons. The lowest BCUT2D eigenvalue weighted by atomic mass is 10.0. The molecule has 1 unspecified atom stereocenters. The van der Waals surface area contributed by atoms with Crippen molar-refractivity contribution in [2.75, 3.05) is 26.8 Å². The summed E-state index contributed by atoms with van der Waals surface area (Å²) in [6, 6.07) is 3.34. The standard InChI is InChI=1S/C15H20FNO5S/c1-3-22-15(18)11-5-4-8-17(10-11)23(19,20)14-9-12(16)6-7-13(14)21-2/h6-7,9,11H,3-5,8,10H2,1-2H3. The quantitative estimate of drug-likeness (QED) is 0.761. The number of carbonyl (C=O) groups excluding carboxylic acids is 1. The third-order valence-electron chi connectivity index (χ3n) is 3.75. The molecule has 6 nitrogen and oxygen atoms in total. The molecule has 0 aromatic heterocycles. The van der Waals surface area contributed by atoms with Gasteiger partial charge in [-0.05, 0) is 38.0 Å². The van der Waals surface area contributed by atoms with Gasteiger partial charge in [-0.1, -0.05) is 0 Å². The molecule has 1 aliphatic rings. The number of carbonyl (C=O) groups is 1. The van der Waals surface area contributed by atoms with Gasteiger partial charge in [0.1, 0.15) is 16.5 Å². The number of hydrogen-bond donors (Lipinski definition) is 0. The van der Waals surface area contributed by atoms with E-state index in [1.54, 1.807) is 6.92 Å². The van der Waals surface area contributed by atoms with Crippen molar-refractivity contribution in [1.82, 2.24) is 4.31 Å². The summed E-state index contributed by atoms with van der Waals surface area (Å²) in [6.07, 6.45) is 1.12. The van der Waals surface area contributed by atoms with Crippen molar-refractivity contribution in [3.63, 3.8) is 0 Å². The lowest BCUT2D eigenvalue weighted by Gasteiger charge is -2.31. The summed E-state index contributed by atoms with van der Waals surface area (Å²) in [5, 5.41) is 0. The first kappa shape index (κ1) is 17.7. The van der Waals surface area contributed by atoms with Crippen molar-refractivity contribution < 1.29 is 27.1 Å². The molecule has 1 heterocycles. The lowest BCUT2D eigenvalue weighted by molar-refractivity contribution is -0.149. The molecule has 1 saturated heterocycles. The van der Waals surface area contributed by atoms with E-state index in [0.717, 1.165) is 12.1 Å². The number of piperidine rings is 1. The van der Waals surface area contributed by atoms with E-state index in [9.17, 15) is 17.6 Å². The van der Waals surface area contributed by atoms with E-state index in [-0.39, 0.29) is 30.3 Å². The maximum Gasteiger partial charge on any atom is 0.310 e. The number of methoxy groups -OCH3 is 1. The van der Waals surface area contributed by atoms with Crippen LogP contribution in [-0.2, 0) is 19.6 Å². The van der Waals surface area contributed by atoms with E-state index >= 15 is 0 Å². The van der Waals surface area contributed by atoms with Gasteiger partial charge in [-0.3, -0.25) is 4.79 Å². The Labute approximate surface area is 135 Å². The summed E-state index contributed by atoms with van der Waals surface area (Å²) in [7, 11) is -2.62. The molecule has 0 N–H and O–H groups in total. The number of benzene rings is 1. The molecule has 1 aromatic rings. The summed E-state index contributed by atoms with van der Waals surface area (Å²) < 4.78 is 50.2. The fourth-order valence-corrected chi connectivity index (χ4v) is 4.30. The van der Waals surface area contributed by atoms with Crippen molar-refractivity contribution in [3.05, 3.63) is 24.0 Å². The van der Waals surface area contributed by atoms with Gasteiger partial charge < -0.3 is 9.47 Å². The second-order valence-corrected chi connectivity index (χ2v) is 7.16. The second kappa shape index (κ2) is 7.27. The minimum absolute atomic E-state index is 0.0286. The molecule has 0 spiro atoms. The highest BCUT2D eigenvalue weighted by atomic mass is 32.2. The number of sulfonamides is 1. The van der Waals surface area contributed by atoms with Gasteiger partial charge in [-0.2, -0.15) is 4.31 Å². The van der Waals surface area contributed by atoms with Crippen LogP contribution in [0.2, 0.25) is 0 Å². The van der Waals surface area contributed by atoms with Gasteiger partial charge >= 0.3 is 5.97 Å². The zero-order chi connectivity index (χ0) is 17.0. The molecule has 0 amide bonds. The predicted molar refractivity (Wildman–Crippen MR) is 81.1 cm³/mol. The zero-order valence-corrected chi connectivity index (χ0v) is 13.9. The number of esters is 1. The van der Waals surface area contributed by atoms with Gasteiger partial charge in [-0.15, -0.1) is 0 Å². The van der Waals surface area contributed by atoms with E-state index in [1.807, 2.05) is 0 Å². The Hall–Kier alpha value is -1.67. The Morgan fingerprint density at radius 1 is 1.43 bits per heavy atom. The highest BCUT2D eigenvalue weighted by Gasteiger charge is 2.35. The number of nitrogens with zero attached hydrogens (tertiary/aromatic N) is 1. The van der Waals surface area contributed by atoms with Crippen LogP contribution in [0.25, 0.3) is 0 Å². The monoisotopic (exact) mass is 345 g/mol. The minimum Gasteiger partial charge on any atom is -0.495 e. The average molecular weight is 345 g/mol. The number of hydrogen-bond acceptors (Lipinski definition) is 5. The van der Waals surface area contributed by atoms with E-state index in [1.165, 1.54) is 17.5 Å². The molecular weight excluding hydrogens is 325 g/mol. The maximum atomic E-state index is 13.5. The molecule has 2 rings (SSSR count). The Morgan fingerprint density at radius 2 is 2.17 bits per heavy atom. The summed E-state index contributed by atoms with van der Waals surface area (Å²) >= 11 is 0. The van der Waals surface area contributed by atoms with Crippen LogP contribution in [0.5, 0.6) is 5.75 Å². The fourth-order valence-electron chi connectivity index (χ4n) is 2.60. The summed E-state index contributed by atoms with van der Waals surface area (Å²) in [6.45, 7) is 2.26. The van der Waals surface area contributed by atoms with Crippen molar-refractivity contribution in [1.29, 1.82) is 0 Å². The summed E-state index contributed by atoms with van der Waals surface area (Å²) in [5.41, 5.74) is 0. The van der Waals surface area contributed by atoms with Gasteiger partial charge in [0.15, 0.2) is 0 Å². The van der Waals surface area contributed by atoms with Crippen LogP contribution >= 0.6 is 0 Å². The molecule has 1 fully saturated rings. The van der Waals surface area contributed by atoms with E-state index < -0.39 is 27.7 Å². The first-order chi connectivity index (χ1) is 10.9. The molecule has 1 aliphatic heterocycles. The molecule has 0 bridgehead atoms. The van der Waals surface area contributed by atoms with Crippen molar-refractivity contribution in [2.24, 2.45) is 5.92 Å². The summed E-state index contributed by atoms with van der Waals surface area (Å²) in [4.78, 5) is 11.6. The molecule has 1 aromatic carbocycles. The maximum absolute atomic E-state index is 13.5. The number of halogens is 1. The van der Waals surface area contributed by atoms with Gasteiger partial charge in [0.25, 0.3) is 0 Å². The predicted octanol–water partition coefficient (Wildman–Crippen LogP) is 1.80. The van der Waals surface area contributed by atoms with Crippen LogP contribution in [0.1, 0.15) is 19.8 Å². The van der Waals surface area contributed by atoms with Crippen molar-refractivity contribution >= 4 is 16.0 Å². The first-order valence-corrected chi connectivity index (χ1v) is 8.84. The molecule has 8 heteroatoms. The Balaban J connectivity index is 2.29. The Kier molecular flexibility index (Phi) is 5.59. The second-order valence-electron chi connectivity index (χ2n) is 5.25. The van der Waals surface area contributed by atoms with E-state index in [4.69, 9.17) is 9.47 Å². The van der Waals surface area contributed by atoms with Crippen molar-refractivity contribution in [2.45, 2.75) is 24.7 Å². The van der Waals surface area contributed by atoms with Crippen LogP contribution < -0.4 is 4.74 Å². The molecule has 1 atom stereocenters. The van der Waals surface area contributed by atoms with E-state index in [2.05, 4.69) is 0 Å². The van der Waals surface area contributed by atoms with Crippen LogP contribution in [0.3, 0.4) is 0 Å². The van der Waals surface area contributed by atoms with Gasteiger partial charge in [0.05, 0.1) is 19.6 Å².